The van der Waals surface area contributed by atoms with Gasteiger partial charge in [0.2, 0.25) is 0 Å². The molecule has 1 aromatic carbocycles. The SMILES string of the molecule is CCOc1ccccc1CNC(C)C(C)(C)C. The van der Waals surface area contributed by atoms with Crippen molar-refractivity contribution in [3.05, 3.63) is 29.8 Å². The van der Waals surface area contributed by atoms with E-state index in [4.69, 9.17) is 4.74 Å². The van der Waals surface area contributed by atoms with Crippen molar-refractivity contribution >= 4 is 0 Å². The molecule has 1 atom stereocenters. The summed E-state index contributed by atoms with van der Waals surface area (Å²) < 4.78 is 5.61. The van der Waals surface area contributed by atoms with E-state index in [0.29, 0.717) is 12.6 Å². The van der Waals surface area contributed by atoms with Crippen LogP contribution in [0.25, 0.3) is 0 Å². The van der Waals surface area contributed by atoms with Gasteiger partial charge in [-0.15, -0.1) is 0 Å². The molecule has 1 aromatic rings. The Morgan fingerprint density at radius 2 is 1.88 bits per heavy atom. The second kappa shape index (κ2) is 6.06. The van der Waals surface area contributed by atoms with Crippen molar-refractivity contribution in [2.75, 3.05) is 6.61 Å². The van der Waals surface area contributed by atoms with Gasteiger partial charge in [-0.2, -0.15) is 0 Å². The number of hydrogen-bond acceptors (Lipinski definition) is 2. The Morgan fingerprint density at radius 1 is 1.24 bits per heavy atom. The van der Waals surface area contributed by atoms with Crippen molar-refractivity contribution in [2.24, 2.45) is 5.41 Å². The molecule has 96 valence electrons. The Hall–Kier alpha value is -1.02. The predicted molar refractivity (Wildman–Crippen MR) is 73.4 cm³/mol. The summed E-state index contributed by atoms with van der Waals surface area (Å²) in [6, 6.07) is 8.69. The van der Waals surface area contributed by atoms with E-state index in [1.165, 1.54) is 5.56 Å². The highest BCUT2D eigenvalue weighted by Gasteiger charge is 2.19. The maximum atomic E-state index is 5.61. The van der Waals surface area contributed by atoms with Gasteiger partial charge in [0.05, 0.1) is 6.61 Å². The van der Waals surface area contributed by atoms with Gasteiger partial charge >= 0.3 is 0 Å². The summed E-state index contributed by atoms with van der Waals surface area (Å²) in [7, 11) is 0. The van der Waals surface area contributed by atoms with Crippen LogP contribution in [-0.2, 0) is 6.54 Å². The van der Waals surface area contributed by atoms with Gasteiger partial charge in [-0.1, -0.05) is 39.0 Å². The van der Waals surface area contributed by atoms with Crippen LogP contribution in [0, 0.1) is 5.41 Å². The van der Waals surface area contributed by atoms with Crippen molar-refractivity contribution in [3.63, 3.8) is 0 Å². The number of para-hydroxylation sites is 1. The predicted octanol–water partition coefficient (Wildman–Crippen LogP) is 3.61. The third-order valence-electron chi connectivity index (χ3n) is 3.17. The van der Waals surface area contributed by atoms with Crippen LogP contribution in [0.15, 0.2) is 24.3 Å². The van der Waals surface area contributed by atoms with Gasteiger partial charge in [0.25, 0.3) is 0 Å². The molecule has 1 rings (SSSR count). The fourth-order valence-corrected chi connectivity index (χ4v) is 1.52. The van der Waals surface area contributed by atoms with Crippen LogP contribution in [0.4, 0.5) is 0 Å². The van der Waals surface area contributed by atoms with Crippen LogP contribution in [0.1, 0.15) is 40.2 Å². The second-order valence-electron chi connectivity index (χ2n) is 5.51. The Balaban J connectivity index is 2.63. The molecule has 0 saturated carbocycles. The van der Waals surface area contributed by atoms with Gasteiger partial charge < -0.3 is 10.1 Å². The minimum atomic E-state index is 0.278. The van der Waals surface area contributed by atoms with Crippen molar-refractivity contribution in [1.29, 1.82) is 0 Å². The van der Waals surface area contributed by atoms with Gasteiger partial charge in [-0.3, -0.25) is 0 Å². The molecule has 1 unspecified atom stereocenters. The molecule has 2 nitrogen and oxygen atoms in total. The smallest absolute Gasteiger partial charge is 0.123 e. The molecule has 2 heteroatoms. The minimum Gasteiger partial charge on any atom is -0.494 e. The topological polar surface area (TPSA) is 21.3 Å². The first-order chi connectivity index (χ1) is 7.95. The first-order valence-electron chi connectivity index (χ1n) is 6.39. The number of nitrogens with one attached hydrogen (secondary N) is 1. The lowest BCUT2D eigenvalue weighted by Crippen LogP contribution is -2.37. The van der Waals surface area contributed by atoms with E-state index < -0.39 is 0 Å². The summed E-state index contributed by atoms with van der Waals surface area (Å²) in [4.78, 5) is 0. The van der Waals surface area contributed by atoms with Gasteiger partial charge in [0.15, 0.2) is 0 Å². The maximum absolute atomic E-state index is 5.61. The average molecular weight is 235 g/mol. The summed E-state index contributed by atoms with van der Waals surface area (Å²) in [5.74, 6) is 0.989. The van der Waals surface area contributed by atoms with Gasteiger partial charge in [-0.05, 0) is 25.3 Å². The van der Waals surface area contributed by atoms with Crippen LogP contribution < -0.4 is 10.1 Å². The average Bonchev–Trinajstić information content (AvgIpc) is 2.26. The van der Waals surface area contributed by atoms with Crippen molar-refractivity contribution in [3.8, 4) is 5.75 Å². The standard InChI is InChI=1S/C15H25NO/c1-6-17-14-10-8-7-9-13(14)11-16-12(2)15(3,4)5/h7-10,12,16H,6,11H2,1-5H3. The number of benzene rings is 1. The molecular formula is C15H25NO. The third kappa shape index (κ3) is 4.39. The molecule has 0 spiro atoms. The minimum absolute atomic E-state index is 0.278. The maximum Gasteiger partial charge on any atom is 0.123 e. The highest BCUT2D eigenvalue weighted by molar-refractivity contribution is 5.33. The number of ether oxygens (including phenoxy) is 1. The number of rotatable bonds is 5. The molecule has 0 radical (unpaired) electrons. The molecule has 1 N–H and O–H groups in total. The van der Waals surface area contributed by atoms with Crippen molar-refractivity contribution in [2.45, 2.75) is 47.2 Å². The van der Waals surface area contributed by atoms with Crippen LogP contribution in [-0.4, -0.2) is 12.6 Å². The molecule has 0 aliphatic rings. The van der Waals surface area contributed by atoms with Crippen LogP contribution in [0.3, 0.4) is 0 Å². The summed E-state index contributed by atoms with van der Waals surface area (Å²) >= 11 is 0. The Kier molecular flexibility index (Phi) is 5.01. The third-order valence-corrected chi connectivity index (χ3v) is 3.17. The van der Waals surface area contributed by atoms with E-state index in [2.05, 4.69) is 45.1 Å². The molecule has 0 aliphatic carbocycles. The fraction of sp³-hybridized carbons (Fsp3) is 0.600. The summed E-state index contributed by atoms with van der Waals surface area (Å²) in [5, 5.41) is 3.56. The highest BCUT2D eigenvalue weighted by atomic mass is 16.5. The molecule has 0 aliphatic heterocycles. The molecule has 0 heterocycles. The second-order valence-corrected chi connectivity index (χ2v) is 5.51. The van der Waals surface area contributed by atoms with Crippen LogP contribution in [0.5, 0.6) is 5.75 Å². The molecule has 0 bridgehead atoms. The van der Waals surface area contributed by atoms with Gasteiger partial charge in [-0.25, -0.2) is 0 Å². The fourth-order valence-electron chi connectivity index (χ4n) is 1.52. The van der Waals surface area contributed by atoms with Crippen molar-refractivity contribution in [1.82, 2.24) is 5.32 Å². The summed E-state index contributed by atoms with van der Waals surface area (Å²) in [5.41, 5.74) is 1.51. The monoisotopic (exact) mass is 235 g/mol. The lowest BCUT2D eigenvalue weighted by Gasteiger charge is -2.28. The Labute approximate surface area is 105 Å². The zero-order valence-corrected chi connectivity index (χ0v) is 11.7. The zero-order valence-electron chi connectivity index (χ0n) is 11.7. The highest BCUT2D eigenvalue weighted by Crippen LogP contribution is 2.21. The normalized spacial score (nSPS) is 13.5. The largest absolute Gasteiger partial charge is 0.494 e. The molecular weight excluding hydrogens is 210 g/mol. The van der Waals surface area contributed by atoms with Crippen LogP contribution >= 0.6 is 0 Å². The Morgan fingerprint density at radius 3 is 2.47 bits per heavy atom. The molecule has 0 amide bonds. The first-order valence-corrected chi connectivity index (χ1v) is 6.39. The zero-order chi connectivity index (χ0) is 12.9. The molecule has 0 fully saturated rings. The number of hydrogen-bond donors (Lipinski definition) is 1. The van der Waals surface area contributed by atoms with E-state index in [9.17, 15) is 0 Å². The summed E-state index contributed by atoms with van der Waals surface area (Å²) in [6.45, 7) is 12.6. The van der Waals surface area contributed by atoms with E-state index in [1.807, 2.05) is 19.1 Å². The van der Waals surface area contributed by atoms with Gasteiger partial charge in [0.1, 0.15) is 5.75 Å². The van der Waals surface area contributed by atoms with E-state index >= 15 is 0 Å². The van der Waals surface area contributed by atoms with Gasteiger partial charge in [0, 0.05) is 18.2 Å². The molecule has 17 heavy (non-hydrogen) atoms. The molecule has 0 aromatic heterocycles. The quantitative estimate of drug-likeness (QED) is 0.842. The first kappa shape index (κ1) is 14.0. The van der Waals surface area contributed by atoms with Crippen LogP contribution in [0.2, 0.25) is 0 Å². The lowest BCUT2D eigenvalue weighted by atomic mass is 9.88. The lowest BCUT2D eigenvalue weighted by molar-refractivity contribution is 0.282. The van der Waals surface area contributed by atoms with Crippen molar-refractivity contribution < 1.29 is 4.74 Å². The van der Waals surface area contributed by atoms with E-state index in [1.54, 1.807) is 0 Å². The van der Waals surface area contributed by atoms with E-state index in [-0.39, 0.29) is 5.41 Å². The Bertz CT molecular complexity index is 341. The summed E-state index contributed by atoms with van der Waals surface area (Å²) in [6.07, 6.45) is 0. The van der Waals surface area contributed by atoms with E-state index in [0.717, 1.165) is 12.3 Å². The molecule has 0 saturated heterocycles.